The van der Waals surface area contributed by atoms with E-state index in [4.69, 9.17) is 11.6 Å². The minimum absolute atomic E-state index is 0.233. The van der Waals surface area contributed by atoms with Crippen LogP contribution in [-0.2, 0) is 11.8 Å². The highest BCUT2D eigenvalue weighted by Gasteiger charge is 2.22. The lowest BCUT2D eigenvalue weighted by molar-refractivity contribution is 0.557. The summed E-state index contributed by atoms with van der Waals surface area (Å²) in [6.45, 7) is 5.94. The molecular formula is C15H15BrClFN2O. The Kier molecular flexibility index (Phi) is 4.54. The number of hydrogen-bond donors (Lipinski definition) is 1. The van der Waals surface area contributed by atoms with E-state index < -0.39 is 5.82 Å². The Morgan fingerprint density at radius 2 is 2.05 bits per heavy atom. The molecule has 1 aromatic heterocycles. The normalized spacial score (nSPS) is 11.7. The van der Waals surface area contributed by atoms with Crippen LogP contribution in [0.2, 0.25) is 5.02 Å². The largest absolute Gasteiger partial charge is 0.309 e. The van der Waals surface area contributed by atoms with E-state index in [0.29, 0.717) is 33.0 Å². The maximum Gasteiger partial charge on any atom is 0.265 e. The Hall–Kier alpha value is -1.20. The van der Waals surface area contributed by atoms with Gasteiger partial charge in [-0.3, -0.25) is 4.79 Å². The van der Waals surface area contributed by atoms with Crippen molar-refractivity contribution in [3.05, 3.63) is 60.9 Å². The van der Waals surface area contributed by atoms with Crippen LogP contribution in [0.5, 0.6) is 0 Å². The zero-order chi connectivity index (χ0) is 15.8. The third-order valence-corrected chi connectivity index (χ3v) is 4.08. The minimum Gasteiger partial charge on any atom is -0.309 e. The van der Waals surface area contributed by atoms with Crippen LogP contribution >= 0.6 is 27.5 Å². The van der Waals surface area contributed by atoms with Crippen LogP contribution in [0.15, 0.2) is 27.5 Å². The van der Waals surface area contributed by atoms with Crippen molar-refractivity contribution in [3.63, 3.8) is 0 Å². The number of hydrogen-bond acceptors (Lipinski definition) is 2. The van der Waals surface area contributed by atoms with E-state index in [0.717, 1.165) is 0 Å². The SMILES string of the molecule is CC(C)(C)c1nc(Cc2ccc(F)cc2Cl)[nH]c(=O)c1Br. The molecule has 0 aliphatic carbocycles. The molecule has 0 radical (unpaired) electrons. The maximum atomic E-state index is 13.1. The van der Waals surface area contributed by atoms with E-state index in [-0.39, 0.29) is 11.0 Å². The van der Waals surface area contributed by atoms with Gasteiger partial charge in [0.05, 0.1) is 5.69 Å². The summed E-state index contributed by atoms with van der Waals surface area (Å²) < 4.78 is 13.5. The second-order valence-electron chi connectivity index (χ2n) is 5.84. The summed E-state index contributed by atoms with van der Waals surface area (Å²) >= 11 is 9.29. The fourth-order valence-corrected chi connectivity index (χ4v) is 2.95. The van der Waals surface area contributed by atoms with E-state index >= 15 is 0 Å². The zero-order valence-electron chi connectivity index (χ0n) is 11.9. The van der Waals surface area contributed by atoms with Gasteiger partial charge in [0, 0.05) is 16.9 Å². The van der Waals surface area contributed by atoms with E-state index in [9.17, 15) is 9.18 Å². The molecule has 0 aliphatic heterocycles. The molecule has 0 amide bonds. The molecule has 0 fully saturated rings. The second-order valence-corrected chi connectivity index (χ2v) is 7.04. The molecule has 112 valence electrons. The van der Waals surface area contributed by atoms with Crippen molar-refractivity contribution in [1.29, 1.82) is 0 Å². The molecule has 6 heteroatoms. The van der Waals surface area contributed by atoms with Crippen molar-refractivity contribution in [1.82, 2.24) is 9.97 Å². The predicted molar refractivity (Wildman–Crippen MR) is 85.5 cm³/mol. The van der Waals surface area contributed by atoms with E-state index in [1.54, 1.807) is 6.07 Å². The molecule has 0 unspecified atom stereocenters. The molecule has 0 atom stereocenters. The first-order valence-electron chi connectivity index (χ1n) is 6.41. The van der Waals surface area contributed by atoms with Gasteiger partial charge in [0.2, 0.25) is 0 Å². The highest BCUT2D eigenvalue weighted by atomic mass is 79.9. The number of aromatic nitrogens is 2. The second kappa shape index (κ2) is 5.89. The van der Waals surface area contributed by atoms with E-state index in [1.807, 2.05) is 20.8 Å². The summed E-state index contributed by atoms with van der Waals surface area (Å²) in [5.41, 5.74) is 0.889. The van der Waals surface area contributed by atoms with Crippen LogP contribution in [0.1, 0.15) is 37.9 Å². The lowest BCUT2D eigenvalue weighted by Crippen LogP contribution is -2.23. The number of rotatable bonds is 2. The molecule has 1 aromatic carbocycles. The Morgan fingerprint density at radius 1 is 1.38 bits per heavy atom. The molecule has 0 bridgehead atoms. The van der Waals surface area contributed by atoms with Crippen LogP contribution in [0, 0.1) is 5.82 Å². The lowest BCUT2D eigenvalue weighted by Gasteiger charge is -2.19. The summed E-state index contributed by atoms with van der Waals surface area (Å²) in [5.74, 6) is 0.109. The van der Waals surface area contributed by atoms with Crippen LogP contribution in [0.3, 0.4) is 0 Å². The maximum absolute atomic E-state index is 13.1. The Bertz CT molecular complexity index is 737. The van der Waals surface area contributed by atoms with E-state index in [2.05, 4.69) is 25.9 Å². The fraction of sp³-hybridized carbons (Fsp3) is 0.333. The highest BCUT2D eigenvalue weighted by molar-refractivity contribution is 9.10. The van der Waals surface area contributed by atoms with Crippen molar-refractivity contribution in [2.45, 2.75) is 32.6 Å². The number of nitrogens with zero attached hydrogens (tertiary/aromatic N) is 1. The van der Waals surface area contributed by atoms with Crippen LogP contribution < -0.4 is 5.56 Å². The predicted octanol–water partition coefficient (Wildman–Crippen LogP) is 4.21. The van der Waals surface area contributed by atoms with Gasteiger partial charge in [-0.05, 0) is 33.6 Å². The van der Waals surface area contributed by atoms with E-state index in [1.165, 1.54) is 12.1 Å². The number of halogens is 3. The Balaban J connectivity index is 2.46. The van der Waals surface area contributed by atoms with Gasteiger partial charge in [-0.15, -0.1) is 0 Å². The average Bonchev–Trinajstić information content (AvgIpc) is 2.35. The quantitative estimate of drug-likeness (QED) is 0.857. The van der Waals surface area contributed by atoms with Crippen molar-refractivity contribution in [2.75, 3.05) is 0 Å². The number of H-pyrrole nitrogens is 1. The van der Waals surface area contributed by atoms with Gasteiger partial charge in [0.15, 0.2) is 0 Å². The standard InChI is InChI=1S/C15H15BrClFN2O/c1-15(2,3)13-12(16)14(21)20-11(19-13)6-8-4-5-9(18)7-10(8)17/h4-5,7H,6H2,1-3H3,(H,19,20,21). The molecule has 0 spiro atoms. The highest BCUT2D eigenvalue weighted by Crippen LogP contribution is 2.26. The first-order valence-corrected chi connectivity index (χ1v) is 7.58. The molecule has 2 aromatic rings. The summed E-state index contributed by atoms with van der Waals surface area (Å²) in [5, 5.41) is 0.317. The third kappa shape index (κ3) is 3.71. The van der Waals surface area contributed by atoms with Gasteiger partial charge in [0.1, 0.15) is 16.1 Å². The topological polar surface area (TPSA) is 45.8 Å². The lowest BCUT2D eigenvalue weighted by atomic mass is 9.92. The van der Waals surface area contributed by atoms with Crippen LogP contribution in [0.4, 0.5) is 4.39 Å². The monoisotopic (exact) mass is 372 g/mol. The molecule has 21 heavy (non-hydrogen) atoms. The number of aromatic amines is 1. The fourth-order valence-electron chi connectivity index (χ4n) is 1.93. The molecule has 1 heterocycles. The number of nitrogens with one attached hydrogen (secondary N) is 1. The van der Waals surface area contributed by atoms with Crippen molar-refractivity contribution >= 4 is 27.5 Å². The summed E-state index contributed by atoms with van der Waals surface area (Å²) in [6.07, 6.45) is 0.338. The van der Waals surface area contributed by atoms with Gasteiger partial charge < -0.3 is 4.98 Å². The van der Waals surface area contributed by atoms with Gasteiger partial charge >= 0.3 is 0 Å². The molecule has 0 saturated heterocycles. The third-order valence-electron chi connectivity index (χ3n) is 3.00. The minimum atomic E-state index is -0.392. The first kappa shape index (κ1) is 16.2. The summed E-state index contributed by atoms with van der Waals surface area (Å²) in [4.78, 5) is 19.2. The molecule has 3 nitrogen and oxygen atoms in total. The zero-order valence-corrected chi connectivity index (χ0v) is 14.3. The number of benzene rings is 1. The van der Waals surface area contributed by atoms with Crippen LogP contribution in [0.25, 0.3) is 0 Å². The van der Waals surface area contributed by atoms with Gasteiger partial charge in [-0.2, -0.15) is 0 Å². The van der Waals surface area contributed by atoms with Gasteiger partial charge in [-0.25, -0.2) is 9.37 Å². The first-order chi connectivity index (χ1) is 9.68. The smallest absolute Gasteiger partial charge is 0.265 e. The molecular weight excluding hydrogens is 359 g/mol. The van der Waals surface area contributed by atoms with Crippen molar-refractivity contribution in [3.8, 4) is 0 Å². The average molecular weight is 374 g/mol. The summed E-state index contributed by atoms with van der Waals surface area (Å²) in [7, 11) is 0. The van der Waals surface area contributed by atoms with Crippen molar-refractivity contribution in [2.24, 2.45) is 0 Å². The van der Waals surface area contributed by atoms with Crippen LogP contribution in [-0.4, -0.2) is 9.97 Å². The Morgan fingerprint density at radius 3 is 2.62 bits per heavy atom. The molecule has 1 N–H and O–H groups in total. The van der Waals surface area contributed by atoms with Crippen molar-refractivity contribution < 1.29 is 4.39 Å². The van der Waals surface area contributed by atoms with Gasteiger partial charge in [0.25, 0.3) is 5.56 Å². The summed E-state index contributed by atoms with van der Waals surface area (Å²) in [6, 6.07) is 4.18. The molecule has 2 rings (SSSR count). The van der Waals surface area contributed by atoms with Gasteiger partial charge in [-0.1, -0.05) is 38.4 Å². The Labute approximate surface area is 135 Å². The molecule has 0 saturated carbocycles. The molecule has 0 aliphatic rings.